The van der Waals surface area contributed by atoms with Crippen LogP contribution in [0.2, 0.25) is 0 Å². The van der Waals surface area contributed by atoms with E-state index in [1.54, 1.807) is 0 Å². The van der Waals surface area contributed by atoms with Gasteiger partial charge in [-0.15, -0.1) is 0 Å². The third-order valence-corrected chi connectivity index (χ3v) is 11.2. The normalized spacial score (nSPS) is 13.1. The van der Waals surface area contributed by atoms with Gasteiger partial charge in [0.2, 0.25) is 0 Å². The summed E-state index contributed by atoms with van der Waals surface area (Å²) in [5.41, 5.74) is 0. The second-order valence-electron chi connectivity index (χ2n) is 16.5. The van der Waals surface area contributed by atoms with Crippen LogP contribution < -0.4 is 0 Å². The molecule has 0 fully saturated rings. The Morgan fingerprint density at radius 2 is 0.660 bits per heavy atom. The van der Waals surface area contributed by atoms with E-state index in [9.17, 15) is 14.4 Å². The largest absolute Gasteiger partial charge is 0.462 e. The molecule has 0 aromatic heterocycles. The summed E-state index contributed by atoms with van der Waals surface area (Å²) in [6, 6.07) is 0. The molecule has 53 heavy (non-hydrogen) atoms. The van der Waals surface area contributed by atoms with Crippen molar-refractivity contribution in [1.29, 1.82) is 0 Å². The minimum Gasteiger partial charge on any atom is -0.462 e. The van der Waals surface area contributed by atoms with Crippen LogP contribution in [0.15, 0.2) is 0 Å². The molecular formula is C47H90O6. The van der Waals surface area contributed by atoms with E-state index in [0.717, 1.165) is 69.6 Å². The highest BCUT2D eigenvalue weighted by atomic mass is 16.6. The van der Waals surface area contributed by atoms with Crippen molar-refractivity contribution in [2.24, 2.45) is 11.8 Å². The van der Waals surface area contributed by atoms with Crippen molar-refractivity contribution in [1.82, 2.24) is 0 Å². The summed E-state index contributed by atoms with van der Waals surface area (Å²) < 4.78 is 16.7. The minimum atomic E-state index is -0.761. The number of hydrogen-bond acceptors (Lipinski definition) is 6. The summed E-state index contributed by atoms with van der Waals surface area (Å²) in [5.74, 6) is 0.802. The summed E-state index contributed by atoms with van der Waals surface area (Å²) in [6.07, 6.45) is 37.9. The number of carbonyl (C=O) groups is 3. The van der Waals surface area contributed by atoms with Gasteiger partial charge in [-0.1, -0.05) is 214 Å². The van der Waals surface area contributed by atoms with Gasteiger partial charge in [-0.25, -0.2) is 0 Å². The third-order valence-electron chi connectivity index (χ3n) is 11.2. The highest BCUT2D eigenvalue weighted by Gasteiger charge is 2.19. The molecule has 0 amide bonds. The van der Waals surface area contributed by atoms with Gasteiger partial charge in [0, 0.05) is 19.3 Å². The monoisotopic (exact) mass is 751 g/mol. The zero-order chi connectivity index (χ0) is 39.0. The van der Waals surface area contributed by atoms with Gasteiger partial charge in [-0.3, -0.25) is 14.4 Å². The van der Waals surface area contributed by atoms with Crippen molar-refractivity contribution in [3.8, 4) is 0 Å². The predicted molar refractivity (Wildman–Crippen MR) is 224 cm³/mol. The number of ether oxygens (including phenoxy) is 3. The van der Waals surface area contributed by atoms with Crippen molar-refractivity contribution in [2.75, 3.05) is 13.2 Å². The number of hydrogen-bond donors (Lipinski definition) is 0. The first-order chi connectivity index (χ1) is 25.8. The maximum Gasteiger partial charge on any atom is 0.306 e. The highest BCUT2D eigenvalue weighted by Crippen LogP contribution is 2.17. The van der Waals surface area contributed by atoms with Crippen LogP contribution >= 0.6 is 0 Å². The van der Waals surface area contributed by atoms with Crippen LogP contribution in [0.1, 0.15) is 253 Å². The summed E-state index contributed by atoms with van der Waals surface area (Å²) in [5, 5.41) is 0. The molecule has 0 aromatic carbocycles. The van der Waals surface area contributed by atoms with E-state index < -0.39 is 6.10 Å². The maximum absolute atomic E-state index is 12.7. The zero-order valence-corrected chi connectivity index (χ0v) is 36.1. The molecule has 0 bridgehead atoms. The average molecular weight is 751 g/mol. The van der Waals surface area contributed by atoms with Gasteiger partial charge in [0.25, 0.3) is 0 Å². The number of esters is 3. The summed E-state index contributed by atoms with van der Waals surface area (Å²) >= 11 is 0. The molecular weight excluding hydrogens is 661 g/mol. The first kappa shape index (κ1) is 51.4. The van der Waals surface area contributed by atoms with Gasteiger partial charge in [-0.2, -0.15) is 0 Å². The topological polar surface area (TPSA) is 78.9 Å². The van der Waals surface area contributed by atoms with E-state index in [0.29, 0.717) is 19.3 Å². The van der Waals surface area contributed by atoms with Crippen LogP contribution in [0.25, 0.3) is 0 Å². The second-order valence-corrected chi connectivity index (χ2v) is 16.5. The molecule has 3 atom stereocenters. The van der Waals surface area contributed by atoms with Crippen molar-refractivity contribution >= 4 is 17.9 Å². The Labute approximate surface area is 329 Å². The lowest BCUT2D eigenvalue weighted by Crippen LogP contribution is -2.30. The quantitative estimate of drug-likeness (QED) is 0.0352. The van der Waals surface area contributed by atoms with Crippen molar-refractivity contribution in [3.63, 3.8) is 0 Å². The van der Waals surface area contributed by atoms with E-state index in [2.05, 4.69) is 34.6 Å². The molecule has 0 aliphatic carbocycles. The van der Waals surface area contributed by atoms with E-state index in [1.165, 1.54) is 141 Å². The molecule has 0 rings (SSSR count). The van der Waals surface area contributed by atoms with Crippen molar-refractivity contribution < 1.29 is 28.6 Å². The zero-order valence-electron chi connectivity index (χ0n) is 36.1. The lowest BCUT2D eigenvalue weighted by molar-refractivity contribution is -0.167. The maximum atomic E-state index is 12.7. The van der Waals surface area contributed by atoms with E-state index in [1.807, 2.05) is 0 Å². The Bertz CT molecular complexity index is 813. The highest BCUT2D eigenvalue weighted by molar-refractivity contribution is 5.71. The number of unbranched alkanes of at least 4 members (excludes halogenated alkanes) is 24. The van der Waals surface area contributed by atoms with Gasteiger partial charge in [0.15, 0.2) is 6.10 Å². The standard InChI is InChI=1S/C47H90O6/c1-6-9-10-11-12-13-14-15-16-17-22-29-34-39-47(50)53-44(41-52-46(49)38-33-28-24-23-26-31-36-43(5)8-3)40-51-45(48)37-32-27-21-19-18-20-25-30-35-42(4)7-2/h42-44H,6-41H2,1-5H3/t42?,43?,44-/m1/s1. The van der Waals surface area contributed by atoms with Crippen molar-refractivity contribution in [2.45, 2.75) is 259 Å². The first-order valence-corrected chi connectivity index (χ1v) is 23.3. The molecule has 6 heteroatoms. The van der Waals surface area contributed by atoms with E-state index >= 15 is 0 Å². The molecule has 314 valence electrons. The average Bonchev–Trinajstić information content (AvgIpc) is 3.15. The summed E-state index contributed by atoms with van der Waals surface area (Å²) in [7, 11) is 0. The summed E-state index contributed by atoms with van der Waals surface area (Å²) in [6.45, 7) is 11.3. The third kappa shape index (κ3) is 38.5. The Hall–Kier alpha value is -1.59. The molecule has 0 saturated heterocycles. The molecule has 0 heterocycles. The molecule has 0 aliphatic rings. The Balaban J connectivity index is 4.35. The van der Waals surface area contributed by atoms with Crippen LogP contribution in [0.4, 0.5) is 0 Å². The number of rotatable bonds is 41. The minimum absolute atomic E-state index is 0.0657. The molecule has 6 nitrogen and oxygen atoms in total. The van der Waals surface area contributed by atoms with Crippen LogP contribution in [0, 0.1) is 11.8 Å². The molecule has 0 N–H and O–H groups in total. The fourth-order valence-electron chi connectivity index (χ4n) is 6.86. The van der Waals surface area contributed by atoms with Gasteiger partial charge in [0.1, 0.15) is 13.2 Å². The van der Waals surface area contributed by atoms with Crippen LogP contribution in [-0.4, -0.2) is 37.2 Å². The fourth-order valence-corrected chi connectivity index (χ4v) is 6.86. The van der Waals surface area contributed by atoms with E-state index in [-0.39, 0.29) is 31.1 Å². The van der Waals surface area contributed by atoms with Gasteiger partial charge in [0.05, 0.1) is 0 Å². The Morgan fingerprint density at radius 1 is 0.377 bits per heavy atom. The smallest absolute Gasteiger partial charge is 0.306 e. The SMILES string of the molecule is CCCCCCCCCCCCCCCC(=O)O[C@H](COC(=O)CCCCCCCCCCC(C)CC)COC(=O)CCCCCCCCC(C)CC. The molecule has 0 radical (unpaired) electrons. The Morgan fingerprint density at radius 3 is 0.981 bits per heavy atom. The number of carbonyl (C=O) groups excluding carboxylic acids is 3. The second kappa shape index (κ2) is 40.1. The summed E-state index contributed by atoms with van der Waals surface area (Å²) in [4.78, 5) is 37.7. The Kier molecular flexibility index (Phi) is 38.9. The van der Waals surface area contributed by atoms with Crippen LogP contribution in [0.3, 0.4) is 0 Å². The van der Waals surface area contributed by atoms with E-state index in [4.69, 9.17) is 14.2 Å². The molecule has 0 saturated carbocycles. The molecule has 0 aromatic rings. The molecule has 2 unspecified atom stereocenters. The lowest BCUT2D eigenvalue weighted by atomic mass is 9.99. The fraction of sp³-hybridized carbons (Fsp3) is 0.936. The molecule has 0 aliphatic heterocycles. The van der Waals surface area contributed by atoms with Crippen molar-refractivity contribution in [3.05, 3.63) is 0 Å². The lowest BCUT2D eigenvalue weighted by Gasteiger charge is -2.18. The van der Waals surface area contributed by atoms with Crippen LogP contribution in [-0.2, 0) is 28.6 Å². The van der Waals surface area contributed by atoms with Gasteiger partial charge >= 0.3 is 17.9 Å². The molecule has 0 spiro atoms. The predicted octanol–water partition coefficient (Wildman–Crippen LogP) is 14.6. The first-order valence-electron chi connectivity index (χ1n) is 23.3. The van der Waals surface area contributed by atoms with Gasteiger partial charge < -0.3 is 14.2 Å². The van der Waals surface area contributed by atoms with Crippen LogP contribution in [0.5, 0.6) is 0 Å². The van der Waals surface area contributed by atoms with Gasteiger partial charge in [-0.05, 0) is 31.1 Å².